The fraction of sp³-hybridized carbons (Fsp3) is 0.455. The SMILES string of the molecule is Nc1ncnc2c1ccn2C1O[C@H](CO)C(O)C1O. The van der Waals surface area contributed by atoms with Crippen LogP contribution in [0.3, 0.4) is 0 Å². The summed E-state index contributed by atoms with van der Waals surface area (Å²) in [7, 11) is 0. The number of fused-ring (bicyclic) bond motifs is 1. The van der Waals surface area contributed by atoms with Gasteiger partial charge in [-0.15, -0.1) is 0 Å². The standard InChI is InChI=1S/C11H14N4O4/c12-9-5-1-2-15(10(5)14-4-13-9)11-8(18)7(17)6(3-16)19-11/h1-2,4,6-8,11,16-18H,3H2,(H2,12,13,14)/t6-,7?,8?,11?/m1/s1. The fourth-order valence-electron chi connectivity index (χ4n) is 2.31. The zero-order valence-corrected chi connectivity index (χ0v) is 9.92. The summed E-state index contributed by atoms with van der Waals surface area (Å²) in [5.74, 6) is 0.329. The molecule has 1 fully saturated rings. The molecule has 0 aliphatic carbocycles. The second kappa shape index (κ2) is 4.42. The Kier molecular flexibility index (Phi) is 2.86. The maximum absolute atomic E-state index is 9.98. The van der Waals surface area contributed by atoms with E-state index < -0.39 is 24.5 Å². The van der Waals surface area contributed by atoms with E-state index in [-0.39, 0.29) is 6.61 Å². The van der Waals surface area contributed by atoms with Crippen molar-refractivity contribution in [3.05, 3.63) is 18.6 Å². The summed E-state index contributed by atoms with van der Waals surface area (Å²) in [6, 6.07) is 1.71. The quantitative estimate of drug-likeness (QED) is 0.528. The van der Waals surface area contributed by atoms with Crippen molar-refractivity contribution in [2.75, 3.05) is 12.3 Å². The van der Waals surface area contributed by atoms with Gasteiger partial charge in [0.25, 0.3) is 0 Å². The van der Waals surface area contributed by atoms with Gasteiger partial charge in [-0.1, -0.05) is 0 Å². The number of ether oxygens (including phenoxy) is 1. The van der Waals surface area contributed by atoms with Crippen molar-refractivity contribution < 1.29 is 20.1 Å². The molecule has 8 nitrogen and oxygen atoms in total. The van der Waals surface area contributed by atoms with E-state index in [0.29, 0.717) is 16.9 Å². The average molecular weight is 266 g/mol. The number of nitrogens with two attached hydrogens (primary N) is 1. The predicted molar refractivity (Wildman–Crippen MR) is 64.9 cm³/mol. The maximum atomic E-state index is 9.98. The lowest BCUT2D eigenvalue weighted by Crippen LogP contribution is -2.33. The smallest absolute Gasteiger partial charge is 0.164 e. The van der Waals surface area contributed by atoms with Crippen LogP contribution in [0, 0.1) is 0 Å². The monoisotopic (exact) mass is 266 g/mol. The lowest BCUT2D eigenvalue weighted by Gasteiger charge is -2.17. The Bertz CT molecular complexity index is 601. The van der Waals surface area contributed by atoms with E-state index in [2.05, 4.69) is 9.97 Å². The van der Waals surface area contributed by atoms with Gasteiger partial charge < -0.3 is 30.4 Å². The third kappa shape index (κ3) is 1.77. The zero-order valence-electron chi connectivity index (χ0n) is 9.92. The Hall–Kier alpha value is -1.74. The maximum Gasteiger partial charge on any atom is 0.164 e. The molecule has 1 saturated heterocycles. The number of aliphatic hydroxyl groups excluding tert-OH is 3. The Labute approximate surface area is 108 Å². The average Bonchev–Trinajstić information content (AvgIpc) is 2.94. The molecule has 0 aromatic carbocycles. The van der Waals surface area contributed by atoms with Gasteiger partial charge in [-0.05, 0) is 6.07 Å². The Morgan fingerprint density at radius 3 is 2.79 bits per heavy atom. The number of aromatic nitrogens is 3. The van der Waals surface area contributed by atoms with Crippen LogP contribution in [0.4, 0.5) is 5.82 Å². The van der Waals surface area contributed by atoms with E-state index in [9.17, 15) is 10.2 Å². The van der Waals surface area contributed by atoms with Crippen molar-refractivity contribution in [2.24, 2.45) is 0 Å². The van der Waals surface area contributed by atoms with Crippen molar-refractivity contribution in [1.29, 1.82) is 0 Å². The molecule has 1 aliphatic rings. The summed E-state index contributed by atoms with van der Waals surface area (Å²) >= 11 is 0. The minimum Gasteiger partial charge on any atom is -0.394 e. The van der Waals surface area contributed by atoms with Crippen LogP contribution in [0.1, 0.15) is 6.23 Å². The Morgan fingerprint density at radius 1 is 1.32 bits per heavy atom. The largest absolute Gasteiger partial charge is 0.394 e. The molecule has 2 aromatic heterocycles. The fourth-order valence-corrected chi connectivity index (χ4v) is 2.31. The van der Waals surface area contributed by atoms with E-state index >= 15 is 0 Å². The van der Waals surface area contributed by atoms with Gasteiger partial charge >= 0.3 is 0 Å². The highest BCUT2D eigenvalue weighted by molar-refractivity contribution is 5.86. The lowest BCUT2D eigenvalue weighted by atomic mass is 10.1. The van der Waals surface area contributed by atoms with Crippen molar-refractivity contribution in [3.8, 4) is 0 Å². The van der Waals surface area contributed by atoms with Crippen LogP contribution >= 0.6 is 0 Å². The third-order valence-corrected chi connectivity index (χ3v) is 3.33. The molecule has 0 bridgehead atoms. The minimum atomic E-state index is -1.15. The molecule has 3 heterocycles. The summed E-state index contributed by atoms with van der Waals surface area (Å²) in [4.78, 5) is 7.97. The van der Waals surface area contributed by atoms with Crippen LogP contribution in [-0.4, -0.2) is 54.8 Å². The van der Waals surface area contributed by atoms with Gasteiger partial charge in [-0.2, -0.15) is 0 Å². The highest BCUT2D eigenvalue weighted by Crippen LogP contribution is 2.32. The van der Waals surface area contributed by atoms with E-state index in [0.717, 1.165) is 0 Å². The van der Waals surface area contributed by atoms with Crippen molar-refractivity contribution >= 4 is 16.9 Å². The Balaban J connectivity index is 2.04. The van der Waals surface area contributed by atoms with Crippen LogP contribution < -0.4 is 5.73 Å². The summed E-state index contributed by atoms with van der Waals surface area (Å²) in [6.07, 6.45) is -0.975. The minimum absolute atomic E-state index is 0.329. The molecular weight excluding hydrogens is 252 g/mol. The first-order chi connectivity index (χ1) is 9.13. The van der Waals surface area contributed by atoms with Crippen LogP contribution in [0.5, 0.6) is 0 Å². The molecule has 0 saturated carbocycles. The summed E-state index contributed by atoms with van der Waals surface area (Å²) < 4.78 is 7.01. The summed E-state index contributed by atoms with van der Waals surface area (Å²) in [5.41, 5.74) is 6.23. The van der Waals surface area contributed by atoms with Crippen LogP contribution in [0.15, 0.2) is 18.6 Å². The third-order valence-electron chi connectivity index (χ3n) is 3.33. The molecular formula is C11H14N4O4. The molecule has 3 rings (SSSR count). The molecule has 2 aromatic rings. The molecule has 0 spiro atoms. The Morgan fingerprint density at radius 2 is 2.11 bits per heavy atom. The zero-order chi connectivity index (χ0) is 13.6. The van der Waals surface area contributed by atoms with Gasteiger partial charge in [0.05, 0.1) is 12.0 Å². The van der Waals surface area contributed by atoms with Gasteiger partial charge in [0, 0.05) is 6.20 Å². The van der Waals surface area contributed by atoms with Crippen LogP contribution in [-0.2, 0) is 4.74 Å². The molecule has 4 atom stereocenters. The van der Waals surface area contributed by atoms with Crippen molar-refractivity contribution in [3.63, 3.8) is 0 Å². The molecule has 19 heavy (non-hydrogen) atoms. The summed E-state index contributed by atoms with van der Waals surface area (Å²) in [6.45, 7) is -0.370. The van der Waals surface area contributed by atoms with Gasteiger partial charge in [0.1, 0.15) is 36.1 Å². The van der Waals surface area contributed by atoms with E-state index in [1.165, 1.54) is 6.33 Å². The van der Waals surface area contributed by atoms with Gasteiger partial charge in [-0.3, -0.25) is 0 Å². The van der Waals surface area contributed by atoms with Gasteiger partial charge in [-0.25, -0.2) is 9.97 Å². The van der Waals surface area contributed by atoms with E-state index in [1.807, 2.05) is 0 Å². The first-order valence-corrected chi connectivity index (χ1v) is 5.83. The number of rotatable bonds is 2. The first kappa shape index (κ1) is 12.3. The second-order valence-electron chi connectivity index (χ2n) is 4.45. The molecule has 102 valence electrons. The number of nitrogens with zero attached hydrogens (tertiary/aromatic N) is 3. The van der Waals surface area contributed by atoms with Crippen LogP contribution in [0.2, 0.25) is 0 Å². The number of hydrogen-bond acceptors (Lipinski definition) is 7. The number of aliphatic hydroxyl groups is 3. The number of hydrogen-bond donors (Lipinski definition) is 4. The number of nitrogen functional groups attached to an aromatic ring is 1. The summed E-state index contributed by atoms with van der Waals surface area (Å²) in [5, 5.41) is 29.4. The molecule has 3 unspecified atom stereocenters. The molecule has 1 aliphatic heterocycles. The lowest BCUT2D eigenvalue weighted by molar-refractivity contribution is -0.0508. The molecule has 5 N–H and O–H groups in total. The normalized spacial score (nSPS) is 31.1. The highest BCUT2D eigenvalue weighted by atomic mass is 16.6. The van der Waals surface area contributed by atoms with E-state index in [4.69, 9.17) is 15.6 Å². The van der Waals surface area contributed by atoms with Crippen molar-refractivity contribution in [1.82, 2.24) is 14.5 Å². The first-order valence-electron chi connectivity index (χ1n) is 5.83. The highest BCUT2D eigenvalue weighted by Gasteiger charge is 2.43. The van der Waals surface area contributed by atoms with Gasteiger partial charge in [0.2, 0.25) is 0 Å². The van der Waals surface area contributed by atoms with Gasteiger partial charge in [0.15, 0.2) is 6.23 Å². The second-order valence-corrected chi connectivity index (χ2v) is 4.45. The van der Waals surface area contributed by atoms with Crippen molar-refractivity contribution in [2.45, 2.75) is 24.5 Å². The predicted octanol–water partition coefficient (Wildman–Crippen LogP) is -1.38. The molecule has 0 amide bonds. The number of anilines is 1. The molecule has 8 heteroatoms. The topological polar surface area (TPSA) is 127 Å². The van der Waals surface area contributed by atoms with E-state index in [1.54, 1.807) is 16.8 Å². The van der Waals surface area contributed by atoms with Crippen LogP contribution in [0.25, 0.3) is 11.0 Å². The molecule has 0 radical (unpaired) electrons.